The van der Waals surface area contributed by atoms with Crippen molar-refractivity contribution in [3.8, 4) is 5.75 Å². The van der Waals surface area contributed by atoms with E-state index in [4.69, 9.17) is 14.2 Å². The number of fused-ring (bicyclic) bond motifs is 2. The van der Waals surface area contributed by atoms with Crippen LogP contribution in [0.25, 0.3) is 21.9 Å². The van der Waals surface area contributed by atoms with Gasteiger partial charge in [-0.3, -0.25) is 0 Å². The van der Waals surface area contributed by atoms with Crippen molar-refractivity contribution in [1.82, 2.24) is 24.4 Å². The molecule has 1 aliphatic rings. The third-order valence-electron chi connectivity index (χ3n) is 6.22. The molecule has 5 rings (SSSR count). The van der Waals surface area contributed by atoms with Gasteiger partial charge in [-0.25, -0.2) is 24.7 Å². The first kappa shape index (κ1) is 23.7. The van der Waals surface area contributed by atoms with Gasteiger partial charge in [-0.05, 0) is 36.6 Å². The Labute approximate surface area is 208 Å². The molecule has 10 nitrogen and oxygen atoms in total. The maximum atomic E-state index is 11.8. The molecule has 1 saturated heterocycles. The number of methoxy groups -OCH3 is 1. The van der Waals surface area contributed by atoms with Gasteiger partial charge in [0.25, 0.3) is 0 Å². The van der Waals surface area contributed by atoms with Crippen molar-refractivity contribution in [3.05, 3.63) is 54.6 Å². The minimum Gasteiger partial charge on any atom is -0.491 e. The molecule has 3 atom stereocenters. The lowest BCUT2D eigenvalue weighted by Gasteiger charge is -2.17. The molecule has 1 aromatic carbocycles. The number of rotatable bonds is 7. The van der Waals surface area contributed by atoms with Crippen LogP contribution in [-0.4, -0.2) is 70.6 Å². The molecule has 0 bridgehead atoms. The van der Waals surface area contributed by atoms with Gasteiger partial charge in [0.15, 0.2) is 5.82 Å². The van der Waals surface area contributed by atoms with Crippen molar-refractivity contribution in [3.63, 3.8) is 0 Å². The lowest BCUT2D eigenvalue weighted by Crippen LogP contribution is -2.23. The van der Waals surface area contributed by atoms with Crippen LogP contribution in [-0.2, 0) is 9.47 Å². The summed E-state index contributed by atoms with van der Waals surface area (Å²) in [5.74, 6) is 1.10. The predicted molar refractivity (Wildman–Crippen MR) is 136 cm³/mol. The van der Waals surface area contributed by atoms with Gasteiger partial charge < -0.3 is 23.7 Å². The molecule has 1 aliphatic heterocycles. The molecule has 0 spiro atoms. The Kier molecular flexibility index (Phi) is 6.51. The number of aliphatic imine (C=N–C) groups is 1. The average Bonchev–Trinajstić information content (AvgIpc) is 3.48. The Balaban J connectivity index is 1.29. The number of carbonyl (C=O) groups is 1. The number of ether oxygens (including phenoxy) is 3. The quantitative estimate of drug-likeness (QED) is 0.219. The van der Waals surface area contributed by atoms with Crippen molar-refractivity contribution in [2.24, 2.45) is 10.9 Å². The Hall–Kier alpha value is -4.05. The summed E-state index contributed by atoms with van der Waals surface area (Å²) < 4.78 is 19.3. The SMILES string of the molecule is COC(=O)c1ccc2ccc(OCC3OC(n4ccc5c(N=CN(C)C)ncnc54)CC3C)cc2n1. The molecule has 186 valence electrons. The van der Waals surface area contributed by atoms with Crippen LogP contribution in [0.4, 0.5) is 5.82 Å². The summed E-state index contributed by atoms with van der Waals surface area (Å²) >= 11 is 0. The van der Waals surface area contributed by atoms with Crippen molar-refractivity contribution in [2.75, 3.05) is 27.8 Å². The number of aromatic nitrogens is 4. The fourth-order valence-corrected chi connectivity index (χ4v) is 4.29. The molecule has 0 N–H and O–H groups in total. The van der Waals surface area contributed by atoms with Crippen LogP contribution in [0.5, 0.6) is 5.75 Å². The minimum absolute atomic E-state index is 0.0921. The Morgan fingerprint density at radius 3 is 2.89 bits per heavy atom. The number of benzene rings is 1. The summed E-state index contributed by atoms with van der Waals surface area (Å²) in [6.07, 6.45) is 5.80. The smallest absolute Gasteiger partial charge is 0.356 e. The van der Waals surface area contributed by atoms with Crippen LogP contribution >= 0.6 is 0 Å². The highest BCUT2D eigenvalue weighted by Gasteiger charge is 2.34. The molecule has 1 fully saturated rings. The van der Waals surface area contributed by atoms with Gasteiger partial charge in [0, 0.05) is 31.7 Å². The molecule has 3 unspecified atom stereocenters. The number of hydrogen-bond acceptors (Lipinski definition) is 8. The highest BCUT2D eigenvalue weighted by Crippen LogP contribution is 2.36. The highest BCUT2D eigenvalue weighted by molar-refractivity contribution is 5.91. The molecule has 4 aromatic rings. The van der Waals surface area contributed by atoms with Gasteiger partial charge in [-0.2, -0.15) is 0 Å². The zero-order chi connectivity index (χ0) is 25.2. The summed E-state index contributed by atoms with van der Waals surface area (Å²) in [7, 11) is 5.17. The van der Waals surface area contributed by atoms with Crippen LogP contribution < -0.4 is 4.74 Å². The third kappa shape index (κ3) is 4.72. The van der Waals surface area contributed by atoms with Crippen molar-refractivity contribution in [2.45, 2.75) is 25.7 Å². The van der Waals surface area contributed by atoms with E-state index < -0.39 is 5.97 Å². The molecular weight excluding hydrogens is 460 g/mol. The minimum atomic E-state index is -0.470. The van der Waals surface area contributed by atoms with E-state index in [-0.39, 0.29) is 23.9 Å². The van der Waals surface area contributed by atoms with Crippen LogP contribution in [0.3, 0.4) is 0 Å². The zero-order valence-corrected chi connectivity index (χ0v) is 20.7. The summed E-state index contributed by atoms with van der Waals surface area (Å²) in [6.45, 7) is 2.55. The second-order valence-electron chi connectivity index (χ2n) is 9.06. The lowest BCUT2D eigenvalue weighted by atomic mass is 10.0. The number of esters is 1. The molecule has 0 aliphatic carbocycles. The van der Waals surface area contributed by atoms with Crippen molar-refractivity contribution in [1.29, 1.82) is 0 Å². The highest BCUT2D eigenvalue weighted by atomic mass is 16.6. The maximum Gasteiger partial charge on any atom is 0.356 e. The van der Waals surface area contributed by atoms with E-state index in [2.05, 4.69) is 26.9 Å². The topological polar surface area (TPSA) is 104 Å². The molecular formula is C26H28N6O4. The standard InChI is InChI=1S/C26H28N6O4/c1-16-11-23(32-10-9-19-24(29-15-31(2)3)27-14-28-25(19)32)36-22(16)13-35-18-7-5-17-6-8-20(26(33)34-4)30-21(17)12-18/h5-10,12,14-16,22-23H,11,13H2,1-4H3. The van der Waals surface area contributed by atoms with Crippen molar-refractivity contribution < 1.29 is 19.0 Å². The van der Waals surface area contributed by atoms with E-state index in [1.54, 1.807) is 12.4 Å². The van der Waals surface area contributed by atoms with Gasteiger partial charge in [-0.1, -0.05) is 13.0 Å². The predicted octanol–water partition coefficient (Wildman–Crippen LogP) is 3.99. The lowest BCUT2D eigenvalue weighted by molar-refractivity contribution is -0.0224. The van der Waals surface area contributed by atoms with Crippen LogP contribution in [0.2, 0.25) is 0 Å². The van der Waals surface area contributed by atoms with E-state index in [0.717, 1.165) is 22.8 Å². The fraction of sp³-hybridized carbons (Fsp3) is 0.346. The molecule has 0 saturated carbocycles. The second-order valence-corrected chi connectivity index (χ2v) is 9.06. The number of hydrogen-bond donors (Lipinski definition) is 0. The normalized spacial score (nSPS) is 19.8. The first-order chi connectivity index (χ1) is 17.4. The van der Waals surface area contributed by atoms with Gasteiger partial charge >= 0.3 is 5.97 Å². The third-order valence-corrected chi connectivity index (χ3v) is 6.22. The number of nitrogens with zero attached hydrogens (tertiary/aromatic N) is 6. The van der Waals surface area contributed by atoms with E-state index in [9.17, 15) is 4.79 Å². The second kappa shape index (κ2) is 9.90. The molecule has 0 radical (unpaired) electrons. The number of pyridine rings is 1. The molecule has 36 heavy (non-hydrogen) atoms. The van der Waals surface area contributed by atoms with Crippen LogP contribution in [0, 0.1) is 5.92 Å². The fourth-order valence-electron chi connectivity index (χ4n) is 4.29. The monoisotopic (exact) mass is 488 g/mol. The first-order valence-electron chi connectivity index (χ1n) is 11.7. The van der Waals surface area contributed by atoms with Crippen LogP contribution in [0.1, 0.15) is 30.1 Å². The van der Waals surface area contributed by atoms with Gasteiger partial charge in [0.1, 0.15) is 36.3 Å². The Morgan fingerprint density at radius 2 is 2.08 bits per heavy atom. The maximum absolute atomic E-state index is 11.8. The average molecular weight is 489 g/mol. The van der Waals surface area contributed by atoms with Crippen molar-refractivity contribution >= 4 is 40.1 Å². The summed E-state index contributed by atoms with van der Waals surface area (Å²) in [4.78, 5) is 31.3. The molecule has 4 heterocycles. The van der Waals surface area contributed by atoms with Gasteiger partial charge in [0.2, 0.25) is 0 Å². The van der Waals surface area contributed by atoms with Gasteiger partial charge in [0.05, 0.1) is 30.5 Å². The Bertz CT molecular complexity index is 1430. The van der Waals surface area contributed by atoms with E-state index in [0.29, 0.717) is 23.7 Å². The molecule has 10 heteroatoms. The zero-order valence-electron chi connectivity index (χ0n) is 20.7. The largest absolute Gasteiger partial charge is 0.491 e. The number of carbonyl (C=O) groups excluding carboxylic acids is 1. The van der Waals surface area contributed by atoms with E-state index >= 15 is 0 Å². The summed E-state index contributed by atoms with van der Waals surface area (Å²) in [5.41, 5.74) is 1.72. The summed E-state index contributed by atoms with van der Waals surface area (Å²) in [6, 6.07) is 11.1. The van der Waals surface area contributed by atoms with Crippen LogP contribution in [0.15, 0.2) is 53.9 Å². The van der Waals surface area contributed by atoms with E-state index in [1.165, 1.54) is 13.4 Å². The Morgan fingerprint density at radius 1 is 1.25 bits per heavy atom. The summed E-state index contributed by atoms with van der Waals surface area (Å²) in [5, 5.41) is 1.79. The van der Waals surface area contributed by atoms with Gasteiger partial charge in [-0.15, -0.1) is 0 Å². The molecule has 3 aromatic heterocycles. The molecule has 0 amide bonds. The van der Waals surface area contributed by atoms with E-state index in [1.807, 2.05) is 60.1 Å². The first-order valence-corrected chi connectivity index (χ1v) is 11.7.